The van der Waals surface area contributed by atoms with Gasteiger partial charge in [-0.15, -0.1) is 0 Å². The van der Waals surface area contributed by atoms with Gasteiger partial charge in [0, 0.05) is 21.7 Å². The minimum Gasteiger partial charge on any atom is -0.480 e. The van der Waals surface area contributed by atoms with Crippen molar-refractivity contribution < 1.29 is 61.3 Å². The molecule has 12 rings (SSSR count). The van der Waals surface area contributed by atoms with Crippen LogP contribution in [0.3, 0.4) is 0 Å². The molecule has 0 aliphatic rings. The Labute approximate surface area is 534 Å². The van der Waals surface area contributed by atoms with Gasteiger partial charge in [0.25, 0.3) is 0 Å². The van der Waals surface area contributed by atoms with Gasteiger partial charge in [0.1, 0.15) is 21.7 Å². The van der Waals surface area contributed by atoms with Gasteiger partial charge in [0.15, 0.2) is 0 Å². The largest absolute Gasteiger partial charge is 0.480 e. The maximum atomic E-state index is 12.4. The van der Waals surface area contributed by atoms with E-state index in [1.807, 2.05) is 364 Å². The minimum atomic E-state index is -1.20. The summed E-state index contributed by atoms with van der Waals surface area (Å²) >= 11 is 0. The standard InChI is InChI=1S/4C20H16O2.Ti/c4*21-19(22)20(16-10-4-1-5-11-16,17-12-6-2-7-13-17)18-14-8-3-9-15-18;/h4*1-15H,(H,21,22);. The van der Waals surface area contributed by atoms with Crippen molar-refractivity contribution in [1.29, 1.82) is 0 Å². The van der Waals surface area contributed by atoms with Crippen LogP contribution in [0.1, 0.15) is 66.8 Å². The van der Waals surface area contributed by atoms with Gasteiger partial charge in [0.05, 0.1) is 0 Å². The first kappa shape index (κ1) is 64.2. The molecule has 0 radical (unpaired) electrons. The van der Waals surface area contributed by atoms with Gasteiger partial charge in [0.2, 0.25) is 0 Å². The fraction of sp³-hybridized carbons (Fsp3) is 0.0500. The third kappa shape index (κ3) is 13.3. The van der Waals surface area contributed by atoms with E-state index in [0.717, 1.165) is 66.8 Å². The Morgan fingerprint density at radius 3 is 0.281 bits per heavy atom. The summed E-state index contributed by atoms with van der Waals surface area (Å²) in [4.78, 5) is 49.7. The molecule has 0 amide bonds. The minimum absolute atomic E-state index is 0. The second-order valence-corrected chi connectivity index (χ2v) is 20.6. The van der Waals surface area contributed by atoms with E-state index in [2.05, 4.69) is 0 Å². The number of carboxylic acid groups (broad SMARTS) is 4. The van der Waals surface area contributed by atoms with Gasteiger partial charge in [-0.1, -0.05) is 364 Å². The Morgan fingerprint density at radius 2 is 0.225 bits per heavy atom. The van der Waals surface area contributed by atoms with E-state index < -0.39 is 45.5 Å². The van der Waals surface area contributed by atoms with Crippen LogP contribution in [-0.2, 0) is 62.6 Å². The Morgan fingerprint density at radius 1 is 0.157 bits per heavy atom. The summed E-state index contributed by atoms with van der Waals surface area (Å²) in [6.45, 7) is 0. The number of carboxylic acids is 4. The Bertz CT molecular complexity index is 3170. The van der Waals surface area contributed by atoms with Gasteiger partial charge in [-0.2, -0.15) is 0 Å². The molecule has 0 unspecified atom stereocenters. The molecule has 0 aliphatic carbocycles. The summed E-state index contributed by atoms with van der Waals surface area (Å²) in [6.07, 6.45) is 0. The Hall–Kier alpha value is -10.8. The van der Waals surface area contributed by atoms with Crippen LogP contribution in [0.5, 0.6) is 0 Å². The zero-order valence-electron chi connectivity index (χ0n) is 48.6. The summed E-state index contributed by atoms with van der Waals surface area (Å²) in [5.41, 5.74) is 4.18. The van der Waals surface area contributed by atoms with Crippen LogP contribution in [0.15, 0.2) is 364 Å². The topological polar surface area (TPSA) is 149 Å². The van der Waals surface area contributed by atoms with E-state index in [9.17, 15) is 39.6 Å². The summed E-state index contributed by atoms with van der Waals surface area (Å²) in [5.74, 6) is -3.51. The van der Waals surface area contributed by atoms with Crippen molar-refractivity contribution >= 4 is 23.9 Å². The first-order chi connectivity index (χ1) is 43.0. The molecule has 0 saturated carbocycles. The molecule has 9 heteroatoms. The van der Waals surface area contributed by atoms with Crippen molar-refractivity contribution in [1.82, 2.24) is 0 Å². The zero-order chi connectivity index (χ0) is 61.7. The molecule has 436 valence electrons. The van der Waals surface area contributed by atoms with Crippen molar-refractivity contribution in [2.24, 2.45) is 0 Å². The molecule has 0 fully saturated rings. The monoisotopic (exact) mass is 1200 g/mol. The predicted octanol–water partition coefficient (Wildman–Crippen LogP) is 16.4. The molecule has 0 bridgehead atoms. The molecule has 8 nitrogen and oxygen atoms in total. The zero-order valence-corrected chi connectivity index (χ0v) is 50.1. The van der Waals surface area contributed by atoms with Gasteiger partial charge < -0.3 is 20.4 Å². The van der Waals surface area contributed by atoms with Gasteiger partial charge >= 0.3 is 23.9 Å². The third-order valence-electron chi connectivity index (χ3n) is 15.8. The molecular formula is C80H64O8Ti. The van der Waals surface area contributed by atoms with Crippen LogP contribution >= 0.6 is 0 Å². The Balaban J connectivity index is 0.000000153. The normalized spacial score (nSPS) is 11.0. The molecule has 0 atom stereocenters. The molecule has 12 aromatic rings. The summed E-state index contributed by atoms with van der Waals surface area (Å²) in [7, 11) is 0. The number of carbonyl (C=O) groups is 4. The van der Waals surface area contributed by atoms with E-state index in [-0.39, 0.29) is 21.7 Å². The van der Waals surface area contributed by atoms with Gasteiger partial charge in [-0.3, -0.25) is 19.2 Å². The summed E-state index contributed by atoms with van der Waals surface area (Å²) in [5, 5.41) is 40.7. The van der Waals surface area contributed by atoms with E-state index in [1.165, 1.54) is 0 Å². The van der Waals surface area contributed by atoms with Crippen LogP contribution in [0.25, 0.3) is 0 Å². The van der Waals surface area contributed by atoms with Crippen molar-refractivity contribution in [3.63, 3.8) is 0 Å². The number of rotatable bonds is 16. The molecule has 0 spiro atoms. The quantitative estimate of drug-likeness (QED) is 0.0552. The Kier molecular flexibility index (Phi) is 22.0. The molecule has 89 heavy (non-hydrogen) atoms. The predicted molar refractivity (Wildman–Crippen MR) is 347 cm³/mol. The molecule has 0 aliphatic heterocycles. The molecular weight excluding hydrogens is 1140 g/mol. The average molecular weight is 1200 g/mol. The fourth-order valence-corrected chi connectivity index (χ4v) is 11.7. The summed E-state index contributed by atoms with van der Waals surface area (Å²) in [6, 6.07) is 113. The average Bonchev–Trinajstić information content (AvgIpc) is 3.25. The van der Waals surface area contributed by atoms with Gasteiger partial charge in [-0.05, 0) is 66.8 Å². The second-order valence-electron chi connectivity index (χ2n) is 20.6. The number of aliphatic carboxylic acids is 4. The first-order valence-corrected chi connectivity index (χ1v) is 28.6. The second kappa shape index (κ2) is 30.5. The van der Waals surface area contributed by atoms with Crippen LogP contribution in [0.4, 0.5) is 0 Å². The molecule has 0 aromatic heterocycles. The SMILES string of the molecule is O=C(O)C(c1ccccc1)(c1ccccc1)c1ccccc1.O=C(O)C(c1ccccc1)(c1ccccc1)c1ccccc1.O=C(O)C(c1ccccc1)(c1ccccc1)c1ccccc1.O=C(O)C(c1ccccc1)(c1ccccc1)c1ccccc1.[Ti]. The van der Waals surface area contributed by atoms with Gasteiger partial charge in [-0.25, -0.2) is 0 Å². The number of hydrogen-bond acceptors (Lipinski definition) is 4. The third-order valence-corrected chi connectivity index (χ3v) is 15.8. The van der Waals surface area contributed by atoms with Crippen molar-refractivity contribution in [3.8, 4) is 0 Å². The number of benzene rings is 12. The van der Waals surface area contributed by atoms with E-state index >= 15 is 0 Å². The molecule has 4 N–H and O–H groups in total. The van der Waals surface area contributed by atoms with Crippen molar-refractivity contribution in [2.45, 2.75) is 21.7 Å². The fourth-order valence-electron chi connectivity index (χ4n) is 11.7. The number of hydrogen-bond donors (Lipinski definition) is 4. The van der Waals surface area contributed by atoms with Crippen LogP contribution in [-0.4, -0.2) is 44.3 Å². The first-order valence-electron chi connectivity index (χ1n) is 28.6. The van der Waals surface area contributed by atoms with E-state index in [4.69, 9.17) is 0 Å². The molecule has 12 aromatic carbocycles. The van der Waals surface area contributed by atoms with Crippen LogP contribution in [0.2, 0.25) is 0 Å². The van der Waals surface area contributed by atoms with Crippen LogP contribution in [0, 0.1) is 0 Å². The van der Waals surface area contributed by atoms with E-state index in [1.54, 1.807) is 0 Å². The van der Waals surface area contributed by atoms with Crippen molar-refractivity contribution in [2.75, 3.05) is 0 Å². The molecule has 0 saturated heterocycles. The smallest absolute Gasteiger partial charge is 0.323 e. The molecule has 0 heterocycles. The summed E-state index contributed by atoms with van der Waals surface area (Å²) < 4.78 is 0. The maximum Gasteiger partial charge on any atom is 0.323 e. The van der Waals surface area contributed by atoms with Crippen LogP contribution < -0.4 is 0 Å². The van der Waals surface area contributed by atoms with Crippen molar-refractivity contribution in [3.05, 3.63) is 431 Å². The maximum absolute atomic E-state index is 12.4. The van der Waals surface area contributed by atoms with E-state index in [0.29, 0.717) is 0 Å².